The maximum atomic E-state index is 14.5. The summed E-state index contributed by atoms with van der Waals surface area (Å²) in [6.45, 7) is 1.70. The van der Waals surface area contributed by atoms with Crippen LogP contribution >= 0.6 is 23.4 Å². The molecule has 0 bridgehead atoms. The van der Waals surface area contributed by atoms with Crippen LogP contribution < -0.4 is 11.1 Å². The SMILES string of the molecule is Cn1nc(C(F)(F)F)c(C(=O)Nc2ccc(F)c(C3(C)CCSC(N)=N3)c2)c1Cl. The van der Waals surface area contributed by atoms with Crippen LogP contribution in [0.5, 0.6) is 0 Å². The Morgan fingerprint density at radius 3 is 2.72 bits per heavy atom. The van der Waals surface area contributed by atoms with Crippen LogP contribution in [0.3, 0.4) is 0 Å². The van der Waals surface area contributed by atoms with Crippen LogP contribution in [0.25, 0.3) is 0 Å². The minimum atomic E-state index is -4.87. The number of carbonyl (C=O) groups is 1. The Kier molecular flexibility index (Phi) is 5.56. The van der Waals surface area contributed by atoms with Gasteiger partial charge in [0, 0.05) is 24.1 Å². The van der Waals surface area contributed by atoms with Gasteiger partial charge in [-0.05, 0) is 31.5 Å². The number of thioether (sulfide) groups is 1. The molecule has 0 saturated heterocycles. The Balaban J connectivity index is 1.97. The molecule has 29 heavy (non-hydrogen) atoms. The number of carbonyl (C=O) groups excluding carboxylic acids is 1. The number of nitrogens with two attached hydrogens (primary N) is 1. The zero-order chi connectivity index (χ0) is 21.6. The fourth-order valence-corrected chi connectivity index (χ4v) is 4.18. The van der Waals surface area contributed by atoms with Crippen molar-refractivity contribution < 1.29 is 22.4 Å². The summed E-state index contributed by atoms with van der Waals surface area (Å²) in [7, 11) is 1.19. The second kappa shape index (κ2) is 7.52. The standard InChI is InChI=1S/C17H16ClF4N5OS/c1-16(5-6-29-15(23)25-16)9-7-8(3-4-10(9)19)24-14(28)11-12(17(20,21)22)26-27(2)13(11)18/h3-4,7H,5-6H2,1-2H3,(H2,23,25)(H,24,28). The van der Waals surface area contributed by atoms with Crippen LogP contribution in [-0.2, 0) is 18.8 Å². The highest BCUT2D eigenvalue weighted by Gasteiger charge is 2.41. The maximum absolute atomic E-state index is 14.5. The highest BCUT2D eigenvalue weighted by molar-refractivity contribution is 8.13. The number of alkyl halides is 3. The van der Waals surface area contributed by atoms with Crippen molar-refractivity contribution in [2.45, 2.75) is 25.1 Å². The van der Waals surface area contributed by atoms with E-state index in [1.807, 2.05) is 0 Å². The zero-order valence-corrected chi connectivity index (χ0v) is 16.8. The second-order valence-electron chi connectivity index (χ2n) is 6.61. The molecule has 0 saturated carbocycles. The molecule has 12 heteroatoms. The number of hydrogen-bond acceptors (Lipinski definition) is 5. The molecule has 0 radical (unpaired) electrons. The lowest BCUT2D eigenvalue weighted by Gasteiger charge is -2.30. The van der Waals surface area contributed by atoms with Gasteiger partial charge in [-0.1, -0.05) is 23.4 Å². The molecule has 0 aliphatic carbocycles. The van der Waals surface area contributed by atoms with Gasteiger partial charge in [-0.15, -0.1) is 0 Å². The third kappa shape index (κ3) is 4.20. The van der Waals surface area contributed by atoms with E-state index in [1.54, 1.807) is 6.92 Å². The van der Waals surface area contributed by atoms with Crippen molar-refractivity contribution >= 4 is 40.1 Å². The van der Waals surface area contributed by atoms with Gasteiger partial charge in [-0.25, -0.2) is 4.39 Å². The van der Waals surface area contributed by atoms with Gasteiger partial charge in [-0.2, -0.15) is 18.3 Å². The van der Waals surface area contributed by atoms with E-state index in [2.05, 4.69) is 15.4 Å². The van der Waals surface area contributed by atoms with E-state index in [-0.39, 0.29) is 11.3 Å². The fraction of sp³-hybridized carbons (Fsp3) is 0.353. The molecule has 1 unspecified atom stereocenters. The summed E-state index contributed by atoms with van der Waals surface area (Å²) < 4.78 is 54.8. The first-order valence-corrected chi connectivity index (χ1v) is 9.68. The topological polar surface area (TPSA) is 85.3 Å². The van der Waals surface area contributed by atoms with Crippen molar-refractivity contribution in [1.29, 1.82) is 0 Å². The minimum absolute atomic E-state index is 0.0904. The number of halogens is 5. The summed E-state index contributed by atoms with van der Waals surface area (Å²) in [5, 5.41) is 5.45. The number of aryl methyl sites for hydroxylation is 1. The lowest BCUT2D eigenvalue weighted by atomic mass is 9.89. The third-order valence-electron chi connectivity index (χ3n) is 4.47. The summed E-state index contributed by atoms with van der Waals surface area (Å²) in [6.07, 6.45) is -4.37. The minimum Gasteiger partial charge on any atom is -0.379 e. The molecule has 3 rings (SSSR count). The van der Waals surface area contributed by atoms with E-state index in [4.69, 9.17) is 17.3 Å². The van der Waals surface area contributed by atoms with E-state index >= 15 is 0 Å². The highest BCUT2D eigenvalue weighted by Crippen LogP contribution is 2.38. The van der Waals surface area contributed by atoms with E-state index in [0.29, 0.717) is 17.3 Å². The molecule has 1 amide bonds. The van der Waals surface area contributed by atoms with Crippen LogP contribution in [0.4, 0.5) is 23.2 Å². The van der Waals surface area contributed by atoms with Crippen molar-refractivity contribution in [1.82, 2.24) is 9.78 Å². The van der Waals surface area contributed by atoms with Crippen molar-refractivity contribution in [2.75, 3.05) is 11.1 Å². The number of amidine groups is 1. The number of nitrogens with one attached hydrogen (secondary N) is 1. The zero-order valence-electron chi connectivity index (χ0n) is 15.3. The maximum Gasteiger partial charge on any atom is 0.436 e. The number of amides is 1. The molecule has 3 N–H and O–H groups in total. The predicted molar refractivity (Wildman–Crippen MR) is 104 cm³/mol. The summed E-state index contributed by atoms with van der Waals surface area (Å²) >= 11 is 7.19. The molecule has 2 aromatic rings. The van der Waals surface area contributed by atoms with Crippen molar-refractivity contribution in [3.63, 3.8) is 0 Å². The largest absolute Gasteiger partial charge is 0.436 e. The first-order valence-electron chi connectivity index (χ1n) is 8.31. The van der Waals surface area contributed by atoms with Gasteiger partial charge >= 0.3 is 6.18 Å². The highest BCUT2D eigenvalue weighted by atomic mass is 35.5. The van der Waals surface area contributed by atoms with Gasteiger partial charge in [0.2, 0.25) is 0 Å². The number of aliphatic imine (C=N–C) groups is 1. The fourth-order valence-electron chi connectivity index (χ4n) is 2.99. The van der Waals surface area contributed by atoms with Crippen LogP contribution in [-0.4, -0.2) is 26.6 Å². The Hall–Kier alpha value is -2.27. The van der Waals surface area contributed by atoms with Crippen LogP contribution in [0.15, 0.2) is 23.2 Å². The van der Waals surface area contributed by atoms with Gasteiger partial charge < -0.3 is 11.1 Å². The van der Waals surface area contributed by atoms with Crippen molar-refractivity contribution in [3.05, 3.63) is 46.0 Å². The molecule has 6 nitrogen and oxygen atoms in total. The Bertz CT molecular complexity index is 1010. The van der Waals surface area contributed by atoms with Gasteiger partial charge in [-0.3, -0.25) is 14.5 Å². The predicted octanol–water partition coefficient (Wildman–Crippen LogP) is 4.15. The smallest absolute Gasteiger partial charge is 0.379 e. The van der Waals surface area contributed by atoms with Crippen LogP contribution in [0.2, 0.25) is 5.15 Å². The quantitative estimate of drug-likeness (QED) is 0.689. The molecule has 156 valence electrons. The van der Waals surface area contributed by atoms with Gasteiger partial charge in [0.05, 0.1) is 5.54 Å². The molecule has 1 aromatic carbocycles. The molecular weight excluding hydrogens is 434 g/mol. The lowest BCUT2D eigenvalue weighted by molar-refractivity contribution is -0.141. The third-order valence-corrected chi connectivity index (χ3v) is 5.70. The Morgan fingerprint density at radius 1 is 1.41 bits per heavy atom. The number of nitrogens with zero attached hydrogens (tertiary/aromatic N) is 3. The first-order chi connectivity index (χ1) is 13.4. The molecule has 2 heterocycles. The molecule has 1 aliphatic rings. The lowest BCUT2D eigenvalue weighted by Crippen LogP contribution is -2.30. The summed E-state index contributed by atoms with van der Waals surface area (Å²) in [4.78, 5) is 16.8. The van der Waals surface area contributed by atoms with Crippen molar-refractivity contribution in [2.24, 2.45) is 17.8 Å². The first kappa shape index (κ1) is 21.4. The molecular formula is C17H16ClF4N5OS. The molecule has 1 atom stereocenters. The molecule has 0 fully saturated rings. The number of hydrogen-bond donors (Lipinski definition) is 2. The number of benzene rings is 1. The van der Waals surface area contributed by atoms with Crippen LogP contribution in [0, 0.1) is 5.82 Å². The van der Waals surface area contributed by atoms with Gasteiger partial charge in [0.1, 0.15) is 16.5 Å². The van der Waals surface area contributed by atoms with E-state index in [1.165, 1.54) is 30.9 Å². The second-order valence-corrected chi connectivity index (χ2v) is 8.08. The summed E-state index contributed by atoms with van der Waals surface area (Å²) in [5.41, 5.74) is 2.85. The van der Waals surface area contributed by atoms with Gasteiger partial charge in [0.15, 0.2) is 10.9 Å². The average molecular weight is 450 g/mol. The average Bonchev–Trinajstić information content (AvgIpc) is 2.92. The number of anilines is 1. The Labute approximate surface area is 172 Å². The number of rotatable bonds is 3. The monoisotopic (exact) mass is 449 g/mol. The summed E-state index contributed by atoms with van der Waals surface area (Å²) in [6, 6.07) is 3.68. The number of aromatic nitrogens is 2. The molecule has 1 aliphatic heterocycles. The molecule has 1 aromatic heterocycles. The van der Waals surface area contributed by atoms with Crippen molar-refractivity contribution in [3.8, 4) is 0 Å². The summed E-state index contributed by atoms with van der Waals surface area (Å²) in [5.74, 6) is -1.05. The van der Waals surface area contributed by atoms with E-state index in [0.717, 1.165) is 10.7 Å². The van der Waals surface area contributed by atoms with E-state index in [9.17, 15) is 22.4 Å². The normalized spacial score (nSPS) is 19.8. The van der Waals surface area contributed by atoms with Gasteiger partial charge in [0.25, 0.3) is 5.91 Å². The van der Waals surface area contributed by atoms with Crippen LogP contribution in [0.1, 0.15) is 35.0 Å². The molecule has 0 spiro atoms. The Morgan fingerprint density at radius 2 is 2.10 bits per heavy atom. The van der Waals surface area contributed by atoms with E-state index < -0.39 is 39.9 Å².